The van der Waals surface area contributed by atoms with Gasteiger partial charge in [0, 0.05) is 18.7 Å². The molecule has 114 valence electrons. The largest absolute Gasteiger partial charge is 0.465 e. The number of esters is 1. The monoisotopic (exact) mass is 298 g/mol. The molecule has 0 aliphatic carbocycles. The van der Waals surface area contributed by atoms with Crippen LogP contribution in [0.4, 0.5) is 14.5 Å². The van der Waals surface area contributed by atoms with Gasteiger partial charge in [0.1, 0.15) is 0 Å². The van der Waals surface area contributed by atoms with Crippen LogP contribution >= 0.6 is 0 Å². The molecular weight excluding hydrogens is 282 g/mol. The summed E-state index contributed by atoms with van der Waals surface area (Å²) in [7, 11) is 1.28. The van der Waals surface area contributed by atoms with Gasteiger partial charge in [0.05, 0.1) is 25.8 Å². The van der Waals surface area contributed by atoms with Gasteiger partial charge in [-0.1, -0.05) is 0 Å². The number of carbonyl (C=O) groups is 2. The normalized spacial score (nSPS) is 17.5. The Labute approximate surface area is 120 Å². The van der Waals surface area contributed by atoms with E-state index in [9.17, 15) is 18.4 Å². The average Bonchev–Trinajstić information content (AvgIpc) is 2.77. The number of halogens is 2. The van der Waals surface area contributed by atoms with Crippen LogP contribution in [-0.2, 0) is 9.53 Å². The van der Waals surface area contributed by atoms with Crippen LogP contribution in [0.15, 0.2) is 24.3 Å². The number of ether oxygens (including phenoxy) is 1. The van der Waals surface area contributed by atoms with Crippen LogP contribution in [0.3, 0.4) is 0 Å². The summed E-state index contributed by atoms with van der Waals surface area (Å²) in [6.07, 6.45) is -0.214. The molecule has 1 aromatic rings. The van der Waals surface area contributed by atoms with E-state index in [-0.39, 0.29) is 32.0 Å². The summed E-state index contributed by atoms with van der Waals surface area (Å²) in [5.74, 6) is -3.53. The van der Waals surface area contributed by atoms with E-state index in [1.807, 2.05) is 0 Å². The third-order valence-electron chi connectivity index (χ3n) is 3.21. The number of methoxy groups -OCH3 is 1. The van der Waals surface area contributed by atoms with Crippen molar-refractivity contribution >= 4 is 17.6 Å². The van der Waals surface area contributed by atoms with Gasteiger partial charge in [-0.2, -0.15) is 0 Å². The second-order valence-electron chi connectivity index (χ2n) is 4.93. The molecule has 1 N–H and O–H groups in total. The minimum atomic E-state index is -2.71. The topological polar surface area (TPSA) is 58.6 Å². The van der Waals surface area contributed by atoms with E-state index < -0.39 is 11.9 Å². The SMILES string of the molecule is COC(=O)c1ccc(NC(=O)CN2CCC(F)(F)C2)cc1. The van der Waals surface area contributed by atoms with Gasteiger partial charge in [-0.25, -0.2) is 13.6 Å². The first-order chi connectivity index (χ1) is 9.89. The highest BCUT2D eigenvalue weighted by atomic mass is 19.3. The molecule has 2 rings (SSSR count). The number of alkyl halides is 2. The molecule has 0 saturated carbocycles. The molecule has 0 spiro atoms. The van der Waals surface area contributed by atoms with Gasteiger partial charge in [-0.3, -0.25) is 9.69 Å². The zero-order valence-corrected chi connectivity index (χ0v) is 11.6. The quantitative estimate of drug-likeness (QED) is 0.860. The Bertz CT molecular complexity index is 532. The summed E-state index contributed by atoms with van der Waals surface area (Å²) >= 11 is 0. The number of hydrogen-bond acceptors (Lipinski definition) is 4. The van der Waals surface area contributed by atoms with E-state index in [0.29, 0.717) is 11.3 Å². The lowest BCUT2D eigenvalue weighted by molar-refractivity contribution is -0.117. The van der Waals surface area contributed by atoms with Crippen molar-refractivity contribution in [1.82, 2.24) is 4.90 Å². The fraction of sp³-hybridized carbons (Fsp3) is 0.429. The summed E-state index contributed by atoms with van der Waals surface area (Å²) in [4.78, 5) is 24.4. The van der Waals surface area contributed by atoms with E-state index in [0.717, 1.165) is 0 Å². The third-order valence-corrected chi connectivity index (χ3v) is 3.21. The van der Waals surface area contributed by atoms with Gasteiger partial charge < -0.3 is 10.1 Å². The minimum absolute atomic E-state index is 0.0751. The van der Waals surface area contributed by atoms with Gasteiger partial charge >= 0.3 is 5.97 Å². The second kappa shape index (κ2) is 6.17. The molecule has 5 nitrogen and oxygen atoms in total. The number of benzene rings is 1. The molecule has 1 saturated heterocycles. The number of nitrogens with zero attached hydrogens (tertiary/aromatic N) is 1. The first-order valence-electron chi connectivity index (χ1n) is 6.48. The van der Waals surface area contributed by atoms with Crippen molar-refractivity contribution in [1.29, 1.82) is 0 Å². The van der Waals surface area contributed by atoms with E-state index in [1.165, 1.54) is 24.1 Å². The Morgan fingerprint density at radius 1 is 1.33 bits per heavy atom. The molecule has 0 bridgehead atoms. The number of amides is 1. The summed E-state index contributed by atoms with van der Waals surface area (Å²) in [6, 6.07) is 6.16. The van der Waals surface area contributed by atoms with Gasteiger partial charge in [-0.15, -0.1) is 0 Å². The van der Waals surface area contributed by atoms with Crippen LogP contribution in [0.5, 0.6) is 0 Å². The van der Waals surface area contributed by atoms with Gasteiger partial charge in [0.25, 0.3) is 5.92 Å². The molecule has 0 aromatic heterocycles. The van der Waals surface area contributed by atoms with E-state index >= 15 is 0 Å². The maximum Gasteiger partial charge on any atom is 0.337 e. The molecule has 1 heterocycles. The van der Waals surface area contributed by atoms with Crippen molar-refractivity contribution in [2.45, 2.75) is 12.3 Å². The maximum absolute atomic E-state index is 13.0. The van der Waals surface area contributed by atoms with Crippen molar-refractivity contribution in [2.75, 3.05) is 32.1 Å². The summed E-state index contributed by atoms with van der Waals surface area (Å²) in [6.45, 7) is -0.252. The van der Waals surface area contributed by atoms with Crippen molar-refractivity contribution in [2.24, 2.45) is 0 Å². The van der Waals surface area contributed by atoms with Crippen LogP contribution in [0.1, 0.15) is 16.8 Å². The Hall–Kier alpha value is -2.02. The molecule has 1 fully saturated rings. The van der Waals surface area contributed by atoms with Crippen LogP contribution < -0.4 is 5.32 Å². The highest BCUT2D eigenvalue weighted by Crippen LogP contribution is 2.26. The highest BCUT2D eigenvalue weighted by molar-refractivity contribution is 5.94. The standard InChI is InChI=1S/C14H16F2N2O3/c1-21-13(20)10-2-4-11(5-3-10)17-12(19)8-18-7-6-14(15,16)9-18/h2-5H,6-9H2,1H3,(H,17,19). The minimum Gasteiger partial charge on any atom is -0.465 e. The third kappa shape index (κ3) is 4.22. The van der Waals surface area contributed by atoms with Crippen molar-refractivity contribution < 1.29 is 23.1 Å². The van der Waals surface area contributed by atoms with Gasteiger partial charge in [0.2, 0.25) is 5.91 Å². The van der Waals surface area contributed by atoms with Crippen LogP contribution in [0.2, 0.25) is 0 Å². The van der Waals surface area contributed by atoms with Crippen LogP contribution in [-0.4, -0.2) is 49.4 Å². The van der Waals surface area contributed by atoms with Crippen LogP contribution in [0, 0.1) is 0 Å². The van der Waals surface area contributed by atoms with E-state index in [4.69, 9.17) is 0 Å². The lowest BCUT2D eigenvalue weighted by Crippen LogP contribution is -2.33. The van der Waals surface area contributed by atoms with Gasteiger partial charge in [0.15, 0.2) is 0 Å². The predicted molar refractivity (Wildman–Crippen MR) is 72.4 cm³/mol. The van der Waals surface area contributed by atoms with Crippen molar-refractivity contribution in [3.63, 3.8) is 0 Å². The Morgan fingerprint density at radius 2 is 2.00 bits per heavy atom. The number of rotatable bonds is 4. The molecular formula is C14H16F2N2O3. The second-order valence-corrected chi connectivity index (χ2v) is 4.93. The molecule has 1 aliphatic heterocycles. The van der Waals surface area contributed by atoms with Crippen molar-refractivity contribution in [3.05, 3.63) is 29.8 Å². The number of anilines is 1. The van der Waals surface area contributed by atoms with E-state index in [1.54, 1.807) is 12.1 Å². The summed E-state index contributed by atoms with van der Waals surface area (Å²) in [5, 5.41) is 2.60. The molecule has 1 amide bonds. The summed E-state index contributed by atoms with van der Waals surface area (Å²) < 4.78 is 30.6. The molecule has 0 atom stereocenters. The number of likely N-dealkylation sites (tertiary alicyclic amines) is 1. The highest BCUT2D eigenvalue weighted by Gasteiger charge is 2.38. The smallest absolute Gasteiger partial charge is 0.337 e. The molecule has 1 aliphatic rings. The zero-order chi connectivity index (χ0) is 15.5. The van der Waals surface area contributed by atoms with Crippen LogP contribution in [0.25, 0.3) is 0 Å². The van der Waals surface area contributed by atoms with Gasteiger partial charge in [-0.05, 0) is 24.3 Å². The maximum atomic E-state index is 13.0. The predicted octanol–water partition coefficient (Wildman–Crippen LogP) is 1.75. The lowest BCUT2D eigenvalue weighted by Gasteiger charge is -2.15. The molecule has 21 heavy (non-hydrogen) atoms. The molecule has 1 aromatic carbocycles. The number of nitrogens with one attached hydrogen (secondary N) is 1. The zero-order valence-electron chi connectivity index (χ0n) is 11.6. The number of hydrogen-bond donors (Lipinski definition) is 1. The number of carbonyl (C=O) groups excluding carboxylic acids is 2. The first kappa shape index (κ1) is 15.4. The fourth-order valence-corrected chi connectivity index (χ4v) is 2.15. The Morgan fingerprint density at radius 3 is 2.52 bits per heavy atom. The van der Waals surface area contributed by atoms with Crippen molar-refractivity contribution in [3.8, 4) is 0 Å². The Kier molecular flexibility index (Phi) is 4.52. The molecule has 0 radical (unpaired) electrons. The fourth-order valence-electron chi connectivity index (χ4n) is 2.15. The summed E-state index contributed by atoms with van der Waals surface area (Å²) in [5.41, 5.74) is 0.869. The first-order valence-corrected chi connectivity index (χ1v) is 6.48. The lowest BCUT2D eigenvalue weighted by atomic mass is 10.2. The average molecular weight is 298 g/mol. The molecule has 7 heteroatoms. The Balaban J connectivity index is 1.87. The molecule has 0 unspecified atom stereocenters. The van der Waals surface area contributed by atoms with E-state index in [2.05, 4.69) is 10.1 Å².